The fraction of sp³-hybridized carbons (Fsp3) is 0.231. The first-order valence-corrected chi connectivity index (χ1v) is 12.6. The first-order chi connectivity index (χ1) is 18.1. The predicted molar refractivity (Wildman–Crippen MR) is 139 cm³/mol. The number of hydrogen-bond acceptors (Lipinski definition) is 9. The third kappa shape index (κ3) is 5.80. The molecular formula is C26H26FNO9S. The molecule has 0 radical (unpaired) electrons. The zero-order chi connectivity index (χ0) is 28.0. The maximum Gasteiger partial charge on any atom is 0.312 e. The molecule has 0 saturated heterocycles. The number of halogens is 1. The molecule has 0 heterocycles. The number of nitrogens with zero attached hydrogens (tertiary/aromatic N) is 1. The number of nitro groups is 1. The van der Waals surface area contributed by atoms with E-state index in [0.29, 0.717) is 28.4 Å². The van der Waals surface area contributed by atoms with E-state index in [9.17, 15) is 22.9 Å². The number of ether oxygens (including phenoxy) is 5. The van der Waals surface area contributed by atoms with Gasteiger partial charge in [-0.3, -0.25) is 10.1 Å². The van der Waals surface area contributed by atoms with Crippen LogP contribution in [0.15, 0.2) is 47.4 Å². The van der Waals surface area contributed by atoms with Gasteiger partial charge in [0.25, 0.3) is 0 Å². The van der Waals surface area contributed by atoms with Gasteiger partial charge in [0, 0.05) is 11.6 Å². The summed E-state index contributed by atoms with van der Waals surface area (Å²) in [6, 6.07) is 9.23. The second kappa shape index (κ2) is 11.8. The molecule has 0 amide bonds. The SMILES string of the molecule is COc1ccc(S(=O)(=O)Cc2c(/C=C\c3cc(OC)c(OC)c(OC)c3)ccc(F)c2OC)cc1[N+](=O)[O-]. The molecule has 0 unspecified atom stereocenters. The maximum absolute atomic E-state index is 14.6. The molecule has 38 heavy (non-hydrogen) atoms. The van der Waals surface area contributed by atoms with Crippen LogP contribution in [0.25, 0.3) is 12.2 Å². The van der Waals surface area contributed by atoms with Crippen LogP contribution in [-0.4, -0.2) is 48.9 Å². The highest BCUT2D eigenvalue weighted by molar-refractivity contribution is 7.90. The first-order valence-electron chi connectivity index (χ1n) is 11.0. The summed E-state index contributed by atoms with van der Waals surface area (Å²) < 4.78 is 67.4. The van der Waals surface area contributed by atoms with E-state index in [1.165, 1.54) is 53.7 Å². The van der Waals surface area contributed by atoms with Gasteiger partial charge in [0.1, 0.15) is 0 Å². The molecule has 3 aromatic rings. The van der Waals surface area contributed by atoms with E-state index in [4.69, 9.17) is 23.7 Å². The maximum atomic E-state index is 14.6. The van der Waals surface area contributed by atoms with Gasteiger partial charge in [-0.2, -0.15) is 0 Å². The van der Waals surface area contributed by atoms with E-state index in [2.05, 4.69) is 0 Å². The molecule has 0 fully saturated rings. The van der Waals surface area contributed by atoms with Crippen molar-refractivity contribution < 1.29 is 41.4 Å². The predicted octanol–water partition coefficient (Wildman–Crippen LogP) is 4.92. The van der Waals surface area contributed by atoms with Crippen LogP contribution in [-0.2, 0) is 15.6 Å². The van der Waals surface area contributed by atoms with Crippen LogP contribution in [0, 0.1) is 15.9 Å². The molecule has 0 aromatic heterocycles. The minimum Gasteiger partial charge on any atom is -0.493 e. The molecule has 0 aliphatic rings. The first kappa shape index (κ1) is 28.3. The largest absolute Gasteiger partial charge is 0.493 e. The highest BCUT2D eigenvalue weighted by Gasteiger charge is 2.26. The minimum atomic E-state index is -4.18. The van der Waals surface area contributed by atoms with Gasteiger partial charge >= 0.3 is 5.69 Å². The Morgan fingerprint density at radius 2 is 1.42 bits per heavy atom. The average molecular weight is 548 g/mol. The second-order valence-corrected chi connectivity index (χ2v) is 9.78. The third-order valence-electron chi connectivity index (χ3n) is 5.64. The summed E-state index contributed by atoms with van der Waals surface area (Å²) in [5, 5.41) is 11.4. The van der Waals surface area contributed by atoms with Crippen LogP contribution < -0.4 is 23.7 Å². The average Bonchev–Trinajstić information content (AvgIpc) is 2.91. The van der Waals surface area contributed by atoms with Crippen molar-refractivity contribution in [2.45, 2.75) is 10.6 Å². The monoisotopic (exact) mass is 547 g/mol. The van der Waals surface area contributed by atoms with Gasteiger partial charge in [-0.25, -0.2) is 12.8 Å². The molecule has 0 atom stereocenters. The summed E-state index contributed by atoms with van der Waals surface area (Å²) >= 11 is 0. The normalized spacial score (nSPS) is 11.3. The molecule has 0 bridgehead atoms. The van der Waals surface area contributed by atoms with Gasteiger partial charge in [-0.05, 0) is 41.5 Å². The number of methoxy groups -OCH3 is 5. The van der Waals surface area contributed by atoms with E-state index in [1.54, 1.807) is 24.3 Å². The van der Waals surface area contributed by atoms with Crippen molar-refractivity contribution in [2.75, 3.05) is 35.5 Å². The summed E-state index contributed by atoms with van der Waals surface area (Å²) in [5.41, 5.74) is 0.503. The number of nitro benzene ring substituents is 1. The molecule has 10 nitrogen and oxygen atoms in total. The number of sulfone groups is 1. The summed E-state index contributed by atoms with van der Waals surface area (Å²) in [7, 11) is 2.71. The Hall–Kier alpha value is -4.32. The van der Waals surface area contributed by atoms with Gasteiger partial charge in [-0.15, -0.1) is 0 Å². The molecular weight excluding hydrogens is 521 g/mol. The van der Waals surface area contributed by atoms with E-state index in [1.807, 2.05) is 0 Å². The molecule has 3 rings (SSSR count). The fourth-order valence-electron chi connectivity index (χ4n) is 3.80. The second-order valence-electron chi connectivity index (χ2n) is 7.79. The zero-order valence-electron chi connectivity index (χ0n) is 21.3. The van der Waals surface area contributed by atoms with Crippen LogP contribution in [0.4, 0.5) is 10.1 Å². The van der Waals surface area contributed by atoms with E-state index < -0.39 is 32.0 Å². The van der Waals surface area contributed by atoms with Crippen molar-refractivity contribution >= 4 is 27.7 Å². The van der Waals surface area contributed by atoms with E-state index in [0.717, 1.165) is 12.1 Å². The molecule has 0 N–H and O–H groups in total. The summed E-state index contributed by atoms with van der Waals surface area (Å²) in [6.45, 7) is 0. The van der Waals surface area contributed by atoms with Crippen LogP contribution in [0.5, 0.6) is 28.7 Å². The molecule has 12 heteroatoms. The Labute approximate surface area is 219 Å². The molecule has 0 aliphatic carbocycles. The fourth-order valence-corrected chi connectivity index (χ4v) is 5.21. The molecule has 202 valence electrons. The van der Waals surface area contributed by atoms with E-state index in [-0.39, 0.29) is 22.0 Å². The van der Waals surface area contributed by atoms with Gasteiger partial charge < -0.3 is 23.7 Å². The highest BCUT2D eigenvalue weighted by Crippen LogP contribution is 2.39. The van der Waals surface area contributed by atoms with Crippen molar-refractivity contribution in [2.24, 2.45) is 0 Å². The summed E-state index contributed by atoms with van der Waals surface area (Å²) in [5.74, 6) is -0.583. The Bertz CT molecular complexity index is 1460. The van der Waals surface area contributed by atoms with Crippen molar-refractivity contribution in [1.82, 2.24) is 0 Å². The summed E-state index contributed by atoms with van der Waals surface area (Å²) in [4.78, 5) is 10.3. The minimum absolute atomic E-state index is 0.0367. The van der Waals surface area contributed by atoms with Crippen molar-refractivity contribution in [3.05, 3.63) is 75.1 Å². The lowest BCUT2D eigenvalue weighted by Gasteiger charge is -2.14. The third-order valence-corrected chi connectivity index (χ3v) is 7.28. The van der Waals surface area contributed by atoms with Gasteiger partial charge in [0.15, 0.2) is 38.7 Å². The zero-order valence-corrected chi connectivity index (χ0v) is 22.1. The molecule has 3 aromatic carbocycles. The Kier molecular flexibility index (Phi) is 8.79. The lowest BCUT2D eigenvalue weighted by atomic mass is 10.0. The number of benzene rings is 3. The lowest BCUT2D eigenvalue weighted by Crippen LogP contribution is -2.09. The number of hydrogen-bond donors (Lipinski definition) is 0. The van der Waals surface area contributed by atoms with Crippen LogP contribution in [0.1, 0.15) is 16.7 Å². The number of rotatable bonds is 11. The van der Waals surface area contributed by atoms with Crippen molar-refractivity contribution in [1.29, 1.82) is 0 Å². The van der Waals surface area contributed by atoms with Gasteiger partial charge in [-0.1, -0.05) is 18.2 Å². The summed E-state index contributed by atoms with van der Waals surface area (Å²) in [6.07, 6.45) is 3.25. The van der Waals surface area contributed by atoms with Crippen LogP contribution >= 0.6 is 0 Å². The van der Waals surface area contributed by atoms with E-state index >= 15 is 0 Å². The Balaban J connectivity index is 2.10. The smallest absolute Gasteiger partial charge is 0.312 e. The molecule has 0 aliphatic heterocycles. The van der Waals surface area contributed by atoms with Crippen molar-refractivity contribution in [3.63, 3.8) is 0 Å². The quantitative estimate of drug-likeness (QED) is 0.187. The molecule has 0 spiro atoms. The van der Waals surface area contributed by atoms with Gasteiger partial charge in [0.2, 0.25) is 5.75 Å². The van der Waals surface area contributed by atoms with Gasteiger partial charge in [0.05, 0.1) is 51.1 Å². The Morgan fingerprint density at radius 1 is 0.816 bits per heavy atom. The van der Waals surface area contributed by atoms with Crippen molar-refractivity contribution in [3.8, 4) is 28.7 Å². The highest BCUT2D eigenvalue weighted by atomic mass is 32.2. The van der Waals surface area contributed by atoms with Crippen LogP contribution in [0.3, 0.4) is 0 Å². The standard InChI is InChI=1S/C26H26FNO9S/c1-33-22-11-9-18(14-21(22)28(29)30)38(31,32)15-19-17(8-10-20(27)25(19)36-4)7-6-16-12-23(34-2)26(37-5)24(13-16)35-3/h6-14H,15H2,1-5H3/b7-6-. The topological polar surface area (TPSA) is 123 Å². The Morgan fingerprint density at radius 3 is 1.95 bits per heavy atom. The van der Waals surface area contributed by atoms with Crippen LogP contribution in [0.2, 0.25) is 0 Å². The molecule has 0 saturated carbocycles. The lowest BCUT2D eigenvalue weighted by molar-refractivity contribution is -0.386.